The lowest BCUT2D eigenvalue weighted by Gasteiger charge is -2.17. The third-order valence-corrected chi connectivity index (χ3v) is 4.73. The molecule has 1 N–H and O–H groups in total. The molecule has 2 aromatic carbocycles. The van der Waals surface area contributed by atoms with E-state index in [1.54, 1.807) is 0 Å². The zero-order chi connectivity index (χ0) is 18.2. The highest BCUT2D eigenvalue weighted by molar-refractivity contribution is 9.10. The SMILES string of the molecule is CCOc1cc(CNC(C)CC)cc(Br)c1OCc1cccc(Cl)c1. The van der Waals surface area contributed by atoms with Gasteiger partial charge in [0.15, 0.2) is 11.5 Å². The van der Waals surface area contributed by atoms with Gasteiger partial charge in [0.1, 0.15) is 6.61 Å². The molecule has 0 aliphatic heterocycles. The summed E-state index contributed by atoms with van der Waals surface area (Å²) >= 11 is 9.66. The van der Waals surface area contributed by atoms with Crippen LogP contribution in [0.25, 0.3) is 0 Å². The first-order valence-corrected chi connectivity index (χ1v) is 9.76. The molecule has 0 saturated carbocycles. The van der Waals surface area contributed by atoms with E-state index in [4.69, 9.17) is 21.1 Å². The van der Waals surface area contributed by atoms with Crippen molar-refractivity contribution in [3.63, 3.8) is 0 Å². The summed E-state index contributed by atoms with van der Waals surface area (Å²) in [6, 6.07) is 12.3. The summed E-state index contributed by atoms with van der Waals surface area (Å²) in [5.41, 5.74) is 2.18. The largest absolute Gasteiger partial charge is 0.490 e. The Balaban J connectivity index is 2.15. The fourth-order valence-electron chi connectivity index (χ4n) is 2.35. The van der Waals surface area contributed by atoms with Crippen molar-refractivity contribution in [3.8, 4) is 11.5 Å². The highest BCUT2D eigenvalue weighted by atomic mass is 79.9. The van der Waals surface area contributed by atoms with E-state index in [-0.39, 0.29) is 0 Å². The molecule has 0 fully saturated rings. The predicted octanol–water partition coefficient (Wildman–Crippen LogP) is 5.97. The van der Waals surface area contributed by atoms with Crippen LogP contribution in [0.4, 0.5) is 0 Å². The van der Waals surface area contributed by atoms with Crippen molar-refractivity contribution in [3.05, 3.63) is 57.0 Å². The molecular weight excluding hydrogens is 402 g/mol. The fraction of sp³-hybridized carbons (Fsp3) is 0.400. The smallest absolute Gasteiger partial charge is 0.175 e. The van der Waals surface area contributed by atoms with E-state index >= 15 is 0 Å². The van der Waals surface area contributed by atoms with E-state index in [0.29, 0.717) is 30.0 Å². The molecule has 1 atom stereocenters. The number of hydrogen-bond acceptors (Lipinski definition) is 3. The molecule has 1 unspecified atom stereocenters. The molecule has 3 nitrogen and oxygen atoms in total. The Bertz CT molecular complexity index is 693. The maximum absolute atomic E-state index is 6.04. The van der Waals surface area contributed by atoms with Crippen molar-refractivity contribution in [1.82, 2.24) is 5.32 Å². The summed E-state index contributed by atoms with van der Waals surface area (Å²) < 4.78 is 12.7. The van der Waals surface area contributed by atoms with Gasteiger partial charge in [-0.15, -0.1) is 0 Å². The molecule has 0 saturated heterocycles. The molecule has 25 heavy (non-hydrogen) atoms. The van der Waals surface area contributed by atoms with Crippen LogP contribution in [0.5, 0.6) is 11.5 Å². The summed E-state index contributed by atoms with van der Waals surface area (Å²) in [5, 5.41) is 4.20. The van der Waals surface area contributed by atoms with Crippen molar-refractivity contribution in [2.24, 2.45) is 0 Å². The second-order valence-corrected chi connectivity index (χ2v) is 7.24. The highest BCUT2D eigenvalue weighted by Crippen LogP contribution is 2.37. The Hall–Kier alpha value is -1.23. The van der Waals surface area contributed by atoms with E-state index in [0.717, 1.165) is 34.3 Å². The van der Waals surface area contributed by atoms with Gasteiger partial charge >= 0.3 is 0 Å². The first kappa shape index (κ1) is 20.1. The van der Waals surface area contributed by atoms with E-state index < -0.39 is 0 Å². The number of rotatable bonds is 9. The lowest BCUT2D eigenvalue weighted by molar-refractivity contribution is 0.267. The van der Waals surface area contributed by atoms with Crippen LogP contribution in [0.15, 0.2) is 40.9 Å². The zero-order valence-corrected chi connectivity index (χ0v) is 17.3. The molecule has 0 amide bonds. The number of hydrogen-bond donors (Lipinski definition) is 1. The van der Waals surface area contributed by atoms with Gasteiger partial charge in [0.2, 0.25) is 0 Å². The molecule has 0 aliphatic carbocycles. The van der Waals surface area contributed by atoms with Crippen LogP contribution in [0.1, 0.15) is 38.3 Å². The summed E-state index contributed by atoms with van der Waals surface area (Å²) in [6.07, 6.45) is 1.10. The molecular formula is C20H25BrClNO2. The minimum absolute atomic E-state index is 0.434. The second-order valence-electron chi connectivity index (χ2n) is 5.95. The van der Waals surface area contributed by atoms with Gasteiger partial charge in [-0.1, -0.05) is 30.7 Å². The van der Waals surface area contributed by atoms with Gasteiger partial charge in [0.25, 0.3) is 0 Å². The Morgan fingerprint density at radius 3 is 2.60 bits per heavy atom. The molecule has 0 radical (unpaired) electrons. The molecule has 0 aliphatic rings. The van der Waals surface area contributed by atoms with E-state index in [1.807, 2.05) is 37.3 Å². The molecule has 136 valence electrons. The summed E-state index contributed by atoms with van der Waals surface area (Å²) in [7, 11) is 0. The van der Waals surface area contributed by atoms with Crippen LogP contribution in [0.3, 0.4) is 0 Å². The number of nitrogens with one attached hydrogen (secondary N) is 1. The van der Waals surface area contributed by atoms with Crippen LogP contribution in [0, 0.1) is 0 Å². The number of ether oxygens (including phenoxy) is 2. The second kappa shape index (κ2) is 10.0. The van der Waals surface area contributed by atoms with Crippen molar-refractivity contribution in [1.29, 1.82) is 0 Å². The average Bonchev–Trinajstić information content (AvgIpc) is 2.59. The minimum Gasteiger partial charge on any atom is -0.490 e. The number of halogens is 2. The molecule has 0 bridgehead atoms. The van der Waals surface area contributed by atoms with Crippen LogP contribution in [-0.4, -0.2) is 12.6 Å². The van der Waals surface area contributed by atoms with Gasteiger partial charge in [-0.25, -0.2) is 0 Å². The molecule has 2 rings (SSSR count). The molecule has 0 aromatic heterocycles. The van der Waals surface area contributed by atoms with Gasteiger partial charge in [-0.3, -0.25) is 0 Å². The van der Waals surface area contributed by atoms with Gasteiger partial charge < -0.3 is 14.8 Å². The summed E-state index contributed by atoms with van der Waals surface area (Å²) in [4.78, 5) is 0. The van der Waals surface area contributed by atoms with Gasteiger partial charge in [0.05, 0.1) is 11.1 Å². The first-order chi connectivity index (χ1) is 12.0. The van der Waals surface area contributed by atoms with Crippen LogP contribution >= 0.6 is 27.5 Å². The Labute approximate surface area is 163 Å². The molecule has 0 heterocycles. The van der Waals surface area contributed by atoms with E-state index in [2.05, 4.69) is 41.2 Å². The van der Waals surface area contributed by atoms with Gasteiger partial charge in [-0.05, 0) is 71.6 Å². The van der Waals surface area contributed by atoms with Crippen LogP contribution in [0.2, 0.25) is 5.02 Å². The van der Waals surface area contributed by atoms with Crippen molar-refractivity contribution in [2.75, 3.05) is 6.61 Å². The van der Waals surface area contributed by atoms with Crippen molar-refractivity contribution in [2.45, 2.75) is 46.4 Å². The number of benzene rings is 2. The summed E-state index contributed by atoms with van der Waals surface area (Å²) in [5.74, 6) is 1.47. The topological polar surface area (TPSA) is 30.5 Å². The fourth-order valence-corrected chi connectivity index (χ4v) is 3.16. The third kappa shape index (κ3) is 6.21. The standard InChI is InChI=1S/C20H25BrClNO2/c1-4-14(3)23-12-16-10-18(21)20(19(11-16)24-5-2)25-13-15-7-6-8-17(22)9-15/h6-11,14,23H,4-5,12-13H2,1-3H3. The highest BCUT2D eigenvalue weighted by Gasteiger charge is 2.13. The van der Waals surface area contributed by atoms with Crippen molar-refractivity contribution >= 4 is 27.5 Å². The lowest BCUT2D eigenvalue weighted by atomic mass is 10.1. The molecule has 2 aromatic rings. The maximum atomic E-state index is 6.04. The monoisotopic (exact) mass is 425 g/mol. The predicted molar refractivity (Wildman–Crippen MR) is 108 cm³/mol. The van der Waals surface area contributed by atoms with Crippen LogP contribution < -0.4 is 14.8 Å². The summed E-state index contributed by atoms with van der Waals surface area (Å²) in [6.45, 7) is 8.14. The quantitative estimate of drug-likeness (QED) is 0.536. The first-order valence-electron chi connectivity index (χ1n) is 8.59. The van der Waals surface area contributed by atoms with E-state index in [9.17, 15) is 0 Å². The Morgan fingerprint density at radius 1 is 1.12 bits per heavy atom. The van der Waals surface area contributed by atoms with Gasteiger partial charge in [0, 0.05) is 17.6 Å². The third-order valence-electron chi connectivity index (χ3n) is 3.91. The average molecular weight is 427 g/mol. The molecule has 0 spiro atoms. The van der Waals surface area contributed by atoms with E-state index in [1.165, 1.54) is 0 Å². The zero-order valence-electron chi connectivity index (χ0n) is 14.9. The molecule has 5 heteroatoms. The minimum atomic E-state index is 0.434. The van der Waals surface area contributed by atoms with Crippen LogP contribution in [-0.2, 0) is 13.2 Å². The Kier molecular flexibility index (Phi) is 8.07. The maximum Gasteiger partial charge on any atom is 0.175 e. The Morgan fingerprint density at radius 2 is 1.92 bits per heavy atom. The lowest BCUT2D eigenvalue weighted by Crippen LogP contribution is -2.24. The van der Waals surface area contributed by atoms with Gasteiger partial charge in [-0.2, -0.15) is 0 Å². The normalized spacial score (nSPS) is 12.0. The van der Waals surface area contributed by atoms with Crippen molar-refractivity contribution < 1.29 is 9.47 Å².